The van der Waals surface area contributed by atoms with Crippen LogP contribution in [-0.4, -0.2) is 29.6 Å². The van der Waals surface area contributed by atoms with Gasteiger partial charge < -0.3 is 20.4 Å². The molecule has 3 aromatic rings. The van der Waals surface area contributed by atoms with E-state index in [1.54, 1.807) is 12.1 Å². The molecule has 3 N–H and O–H groups in total. The summed E-state index contributed by atoms with van der Waals surface area (Å²) >= 11 is 0. The van der Waals surface area contributed by atoms with Crippen LogP contribution in [0.4, 0.5) is 13.2 Å². The number of fused-ring (bicyclic) bond motifs is 1. The quantitative estimate of drug-likeness (QED) is 0.303. The smallest absolute Gasteiger partial charge is 0.406 e. The standard InChI is InChI=1S/C31H40F3N3O/c32-31(33,34)38-26-10-6-9-23(19-26)27(17-18-36-25-15-13-24(35)14-16-25)29-21-37(20-22-7-2-1-3-8-22)30-12-5-4-11-28(29)30/h4-6,9-12,19,21-22,24-25,27,36H,1-3,7-8,13-18,20,35H2. The monoisotopic (exact) mass is 527 g/mol. The lowest BCUT2D eigenvalue weighted by Gasteiger charge is -2.28. The molecule has 38 heavy (non-hydrogen) atoms. The van der Waals surface area contributed by atoms with E-state index >= 15 is 0 Å². The molecule has 2 saturated carbocycles. The molecule has 2 fully saturated rings. The Kier molecular flexibility index (Phi) is 8.64. The molecule has 2 aliphatic rings. The fourth-order valence-electron chi connectivity index (χ4n) is 6.54. The molecule has 7 heteroatoms. The fraction of sp³-hybridized carbons (Fsp3) is 0.548. The number of nitrogens with one attached hydrogen (secondary N) is 1. The van der Waals surface area contributed by atoms with Gasteiger partial charge in [0.2, 0.25) is 0 Å². The normalized spacial score (nSPS) is 22.0. The maximum atomic E-state index is 13.0. The SMILES string of the molecule is NC1CCC(NCCC(c2cccc(OC(F)(F)F)c2)c2cn(CC3CCCCC3)c3ccccc23)CC1. The lowest BCUT2D eigenvalue weighted by molar-refractivity contribution is -0.274. The lowest BCUT2D eigenvalue weighted by atomic mass is 9.87. The van der Waals surface area contributed by atoms with Crippen LogP contribution in [0.25, 0.3) is 10.9 Å². The molecule has 5 rings (SSSR count). The van der Waals surface area contributed by atoms with Gasteiger partial charge in [-0.25, -0.2) is 0 Å². The number of benzene rings is 2. The number of alkyl halides is 3. The van der Waals surface area contributed by atoms with E-state index < -0.39 is 6.36 Å². The topological polar surface area (TPSA) is 52.2 Å². The molecule has 0 spiro atoms. The second kappa shape index (κ2) is 12.1. The maximum Gasteiger partial charge on any atom is 0.573 e. The summed E-state index contributed by atoms with van der Waals surface area (Å²) in [7, 11) is 0. The van der Waals surface area contributed by atoms with E-state index in [-0.39, 0.29) is 11.7 Å². The second-order valence-electron chi connectivity index (χ2n) is 11.3. The van der Waals surface area contributed by atoms with Crippen molar-refractivity contribution in [3.05, 3.63) is 65.9 Å². The van der Waals surface area contributed by atoms with Crippen molar-refractivity contribution in [2.75, 3.05) is 6.54 Å². The predicted octanol–water partition coefficient (Wildman–Crippen LogP) is 7.50. The van der Waals surface area contributed by atoms with Crippen molar-refractivity contribution in [2.45, 2.75) is 95.1 Å². The van der Waals surface area contributed by atoms with Gasteiger partial charge in [-0.2, -0.15) is 0 Å². The van der Waals surface area contributed by atoms with Crippen LogP contribution in [0.5, 0.6) is 5.75 Å². The molecule has 0 aliphatic heterocycles. The number of para-hydroxylation sites is 1. The van der Waals surface area contributed by atoms with Crippen LogP contribution in [0.1, 0.15) is 81.3 Å². The highest BCUT2D eigenvalue weighted by Gasteiger charge is 2.31. The van der Waals surface area contributed by atoms with E-state index in [4.69, 9.17) is 5.73 Å². The highest BCUT2D eigenvalue weighted by atomic mass is 19.4. The number of nitrogens with two attached hydrogens (primary N) is 1. The Hall–Kier alpha value is -2.51. The van der Waals surface area contributed by atoms with Crippen LogP contribution in [0.15, 0.2) is 54.7 Å². The molecule has 2 aromatic carbocycles. The molecule has 4 nitrogen and oxygen atoms in total. The van der Waals surface area contributed by atoms with Gasteiger partial charge in [-0.05, 0) is 86.7 Å². The Bertz CT molecular complexity index is 1180. The number of aromatic nitrogens is 1. The third-order valence-electron chi connectivity index (χ3n) is 8.51. The molecule has 0 amide bonds. The van der Waals surface area contributed by atoms with E-state index in [9.17, 15) is 13.2 Å². The first-order valence-corrected chi connectivity index (χ1v) is 14.3. The first kappa shape index (κ1) is 27.1. The highest BCUT2D eigenvalue weighted by Crippen LogP contribution is 2.37. The van der Waals surface area contributed by atoms with E-state index in [1.165, 1.54) is 54.6 Å². The van der Waals surface area contributed by atoms with Gasteiger partial charge >= 0.3 is 6.36 Å². The molecule has 1 aromatic heterocycles. The van der Waals surface area contributed by atoms with E-state index in [0.29, 0.717) is 18.0 Å². The van der Waals surface area contributed by atoms with Gasteiger partial charge in [0.05, 0.1) is 0 Å². The molecule has 1 atom stereocenters. The number of ether oxygens (including phenoxy) is 1. The van der Waals surface area contributed by atoms with Crippen LogP contribution >= 0.6 is 0 Å². The van der Waals surface area contributed by atoms with Crippen LogP contribution in [0.3, 0.4) is 0 Å². The number of halogens is 3. The zero-order valence-electron chi connectivity index (χ0n) is 22.1. The zero-order chi connectivity index (χ0) is 26.5. The van der Waals surface area contributed by atoms with E-state index in [2.05, 4.69) is 45.1 Å². The Morgan fingerprint density at radius 2 is 1.71 bits per heavy atom. The van der Waals surface area contributed by atoms with Crippen molar-refractivity contribution in [1.82, 2.24) is 9.88 Å². The van der Waals surface area contributed by atoms with E-state index in [0.717, 1.165) is 50.8 Å². The molecule has 0 radical (unpaired) electrons. The minimum absolute atomic E-state index is 0.0531. The van der Waals surface area contributed by atoms with Crippen molar-refractivity contribution in [3.63, 3.8) is 0 Å². The van der Waals surface area contributed by atoms with Gasteiger partial charge in [-0.15, -0.1) is 13.2 Å². The maximum absolute atomic E-state index is 13.0. The molecule has 1 heterocycles. The van der Waals surface area contributed by atoms with Gasteiger partial charge in [-0.3, -0.25) is 0 Å². The molecule has 0 saturated heterocycles. The van der Waals surface area contributed by atoms with Crippen molar-refractivity contribution >= 4 is 10.9 Å². The van der Waals surface area contributed by atoms with Gasteiger partial charge in [0.25, 0.3) is 0 Å². The zero-order valence-corrected chi connectivity index (χ0v) is 22.1. The molecule has 2 aliphatic carbocycles. The Balaban J connectivity index is 1.44. The molecular formula is C31H40F3N3O. The van der Waals surface area contributed by atoms with E-state index in [1.807, 2.05) is 6.07 Å². The van der Waals surface area contributed by atoms with Crippen LogP contribution < -0.4 is 15.8 Å². The number of hydrogen-bond donors (Lipinski definition) is 2. The van der Waals surface area contributed by atoms with Gasteiger partial charge in [0.15, 0.2) is 0 Å². The summed E-state index contributed by atoms with van der Waals surface area (Å²) < 4.78 is 45.8. The van der Waals surface area contributed by atoms with Gasteiger partial charge in [0.1, 0.15) is 5.75 Å². The average Bonchev–Trinajstić information content (AvgIpc) is 3.25. The summed E-state index contributed by atoms with van der Waals surface area (Å²) in [5.74, 6) is 0.455. The summed E-state index contributed by atoms with van der Waals surface area (Å²) in [5.41, 5.74) is 9.31. The van der Waals surface area contributed by atoms with Gasteiger partial charge in [0, 0.05) is 41.6 Å². The molecular weight excluding hydrogens is 487 g/mol. The third-order valence-corrected chi connectivity index (χ3v) is 8.51. The summed E-state index contributed by atoms with van der Waals surface area (Å²) in [6, 6.07) is 15.7. The average molecular weight is 528 g/mol. The van der Waals surface area contributed by atoms with Crippen LogP contribution in [0.2, 0.25) is 0 Å². The Morgan fingerprint density at radius 3 is 2.47 bits per heavy atom. The molecule has 1 unspecified atom stereocenters. The highest BCUT2D eigenvalue weighted by molar-refractivity contribution is 5.85. The largest absolute Gasteiger partial charge is 0.573 e. The summed E-state index contributed by atoms with van der Waals surface area (Å²) in [5, 5.41) is 4.89. The van der Waals surface area contributed by atoms with Crippen LogP contribution in [-0.2, 0) is 6.54 Å². The molecule has 0 bridgehead atoms. The van der Waals surface area contributed by atoms with Crippen molar-refractivity contribution in [3.8, 4) is 5.75 Å². The number of hydrogen-bond acceptors (Lipinski definition) is 3. The van der Waals surface area contributed by atoms with Crippen LogP contribution in [0, 0.1) is 5.92 Å². The van der Waals surface area contributed by atoms with Crippen molar-refractivity contribution < 1.29 is 17.9 Å². The Labute approximate surface area is 223 Å². The van der Waals surface area contributed by atoms with Crippen molar-refractivity contribution in [1.29, 1.82) is 0 Å². The lowest BCUT2D eigenvalue weighted by Crippen LogP contribution is -2.38. The number of rotatable bonds is 9. The summed E-state index contributed by atoms with van der Waals surface area (Å²) in [6.45, 7) is 1.78. The first-order valence-electron chi connectivity index (χ1n) is 14.3. The Morgan fingerprint density at radius 1 is 0.947 bits per heavy atom. The summed E-state index contributed by atoms with van der Waals surface area (Å²) in [6.07, 6.45) is 8.98. The number of nitrogens with zero attached hydrogens (tertiary/aromatic N) is 1. The minimum atomic E-state index is -4.71. The second-order valence-corrected chi connectivity index (χ2v) is 11.3. The third kappa shape index (κ3) is 6.92. The van der Waals surface area contributed by atoms with Crippen molar-refractivity contribution in [2.24, 2.45) is 11.7 Å². The first-order chi connectivity index (χ1) is 18.4. The molecule has 206 valence electrons. The summed E-state index contributed by atoms with van der Waals surface area (Å²) in [4.78, 5) is 0. The minimum Gasteiger partial charge on any atom is -0.406 e. The van der Waals surface area contributed by atoms with Gasteiger partial charge in [-0.1, -0.05) is 49.6 Å². The fourth-order valence-corrected chi connectivity index (χ4v) is 6.54. The predicted molar refractivity (Wildman–Crippen MR) is 146 cm³/mol.